The van der Waals surface area contributed by atoms with Gasteiger partial charge >= 0.3 is 0 Å². The zero-order valence-electron chi connectivity index (χ0n) is 5.20. The van der Waals surface area contributed by atoms with Gasteiger partial charge in [-0.1, -0.05) is 18.2 Å². The smallest absolute Gasteiger partial charge is 0.249 e. The van der Waals surface area contributed by atoms with E-state index in [-0.39, 0.29) is 0 Å². The summed E-state index contributed by atoms with van der Waals surface area (Å²) < 4.78 is 4.19. The Hall–Kier alpha value is -0.290. The summed E-state index contributed by atoms with van der Waals surface area (Å²) in [4.78, 5) is 0. The Kier molecular flexibility index (Phi) is 2.95. The molecule has 3 heteroatoms. The average molecular weight is 250 g/mol. The quantitative estimate of drug-likeness (QED) is 0.492. The van der Waals surface area contributed by atoms with Crippen LogP contribution in [0.15, 0.2) is 30.3 Å². The molecule has 54 valence electrons. The molecule has 1 aromatic rings. The first-order valence-corrected chi connectivity index (χ1v) is 4.07. The molecule has 2 nitrogen and oxygen atoms in total. The number of benzene rings is 1. The molecule has 0 radical (unpaired) electrons. The molecule has 0 aromatic heterocycles. The predicted octanol–water partition coefficient (Wildman–Crippen LogP) is 1.78. The van der Waals surface area contributed by atoms with Gasteiger partial charge in [-0.15, -0.1) is 0 Å². The summed E-state index contributed by atoms with van der Waals surface area (Å²) in [6.07, 6.45) is 0. The van der Waals surface area contributed by atoms with Gasteiger partial charge in [0.2, 0.25) is 4.30 Å². The largest absolute Gasteiger partial charge is 0.456 e. The molecule has 0 bridgehead atoms. The third-order valence-corrected chi connectivity index (χ3v) is 1.23. The van der Waals surface area contributed by atoms with Gasteiger partial charge in [-0.2, -0.15) is 0 Å². The third kappa shape index (κ3) is 2.53. The van der Waals surface area contributed by atoms with Crippen molar-refractivity contribution in [3.8, 4) is 5.75 Å². The van der Waals surface area contributed by atoms with Crippen molar-refractivity contribution < 1.29 is 9.84 Å². The van der Waals surface area contributed by atoms with E-state index in [0.29, 0.717) is 5.75 Å². The Labute approximate surface area is 73.0 Å². The van der Waals surface area contributed by atoms with E-state index < -0.39 is 4.30 Å². The van der Waals surface area contributed by atoms with Crippen LogP contribution in [0.2, 0.25) is 0 Å². The molecule has 0 fully saturated rings. The lowest BCUT2D eigenvalue weighted by Crippen LogP contribution is -2.04. The Morgan fingerprint density at radius 2 is 1.90 bits per heavy atom. The standard InChI is InChI=1S/C7H7IO2/c8-7(9)10-6-4-2-1-3-5-6/h1-5,7,9H. The highest BCUT2D eigenvalue weighted by molar-refractivity contribution is 14.1. The number of aliphatic hydroxyl groups excluding tert-OH is 1. The van der Waals surface area contributed by atoms with Crippen LogP contribution < -0.4 is 4.74 Å². The first-order chi connectivity index (χ1) is 4.79. The fourth-order valence-corrected chi connectivity index (χ4v) is 0.905. The number of alkyl halides is 1. The maximum Gasteiger partial charge on any atom is 0.249 e. The molecular weight excluding hydrogens is 243 g/mol. The van der Waals surface area contributed by atoms with Gasteiger partial charge in [-0.3, -0.25) is 0 Å². The van der Waals surface area contributed by atoms with E-state index in [9.17, 15) is 0 Å². The SMILES string of the molecule is OC(I)Oc1ccccc1. The second-order valence-electron chi connectivity index (χ2n) is 1.72. The van der Waals surface area contributed by atoms with Crippen LogP contribution in [0.5, 0.6) is 5.75 Å². The van der Waals surface area contributed by atoms with Crippen molar-refractivity contribution in [2.45, 2.75) is 4.30 Å². The molecular formula is C7H7IO2. The van der Waals surface area contributed by atoms with E-state index in [1.165, 1.54) is 0 Å². The molecule has 1 unspecified atom stereocenters. The van der Waals surface area contributed by atoms with Gasteiger partial charge in [0.05, 0.1) is 0 Å². The van der Waals surface area contributed by atoms with Gasteiger partial charge in [-0.25, -0.2) is 0 Å². The minimum atomic E-state index is -0.764. The number of ether oxygens (including phenoxy) is 1. The second-order valence-corrected chi connectivity index (χ2v) is 2.79. The molecule has 1 atom stereocenters. The summed E-state index contributed by atoms with van der Waals surface area (Å²) in [6.45, 7) is 0. The van der Waals surface area contributed by atoms with Gasteiger partial charge < -0.3 is 9.84 Å². The van der Waals surface area contributed by atoms with Crippen LogP contribution in [-0.4, -0.2) is 9.40 Å². The highest BCUT2D eigenvalue weighted by Crippen LogP contribution is 2.11. The van der Waals surface area contributed by atoms with Crippen LogP contribution in [0.3, 0.4) is 0 Å². The van der Waals surface area contributed by atoms with Crippen molar-refractivity contribution >= 4 is 22.6 Å². The highest BCUT2D eigenvalue weighted by Gasteiger charge is 1.96. The van der Waals surface area contributed by atoms with Crippen molar-refractivity contribution in [2.24, 2.45) is 0 Å². The summed E-state index contributed by atoms with van der Waals surface area (Å²) in [5.41, 5.74) is 0. The average Bonchev–Trinajstić information content (AvgIpc) is 1.88. The van der Waals surface area contributed by atoms with E-state index in [1.54, 1.807) is 34.7 Å². The molecule has 0 saturated heterocycles. The third-order valence-electron chi connectivity index (χ3n) is 0.977. The minimum absolute atomic E-state index is 0.685. The Morgan fingerprint density at radius 1 is 1.30 bits per heavy atom. The number of hydrogen-bond donors (Lipinski definition) is 1. The van der Waals surface area contributed by atoms with Crippen LogP contribution in [0.1, 0.15) is 0 Å². The van der Waals surface area contributed by atoms with E-state index in [2.05, 4.69) is 0 Å². The molecule has 1 rings (SSSR count). The van der Waals surface area contributed by atoms with Crippen molar-refractivity contribution in [2.75, 3.05) is 0 Å². The molecule has 0 heterocycles. The van der Waals surface area contributed by atoms with Crippen molar-refractivity contribution in [3.63, 3.8) is 0 Å². The van der Waals surface area contributed by atoms with E-state index in [0.717, 1.165) is 0 Å². The van der Waals surface area contributed by atoms with Crippen LogP contribution in [-0.2, 0) is 0 Å². The summed E-state index contributed by atoms with van der Waals surface area (Å²) in [6, 6.07) is 9.19. The predicted molar refractivity (Wildman–Crippen MR) is 47.1 cm³/mol. The van der Waals surface area contributed by atoms with Gasteiger partial charge in [0, 0.05) is 0 Å². The Bertz CT molecular complexity index is 186. The van der Waals surface area contributed by atoms with E-state index in [4.69, 9.17) is 9.84 Å². The van der Waals surface area contributed by atoms with Gasteiger partial charge in [0.1, 0.15) is 5.75 Å². The van der Waals surface area contributed by atoms with Crippen molar-refractivity contribution in [1.82, 2.24) is 0 Å². The minimum Gasteiger partial charge on any atom is -0.456 e. The number of aliphatic hydroxyl groups is 1. The topological polar surface area (TPSA) is 29.5 Å². The van der Waals surface area contributed by atoms with Crippen molar-refractivity contribution in [3.05, 3.63) is 30.3 Å². The zero-order valence-corrected chi connectivity index (χ0v) is 7.36. The molecule has 1 aromatic carbocycles. The Balaban J connectivity index is 2.59. The summed E-state index contributed by atoms with van der Waals surface area (Å²) in [7, 11) is 0. The fourth-order valence-electron chi connectivity index (χ4n) is 0.611. The molecule has 0 aliphatic carbocycles. The first-order valence-electron chi connectivity index (χ1n) is 2.83. The lowest BCUT2D eigenvalue weighted by Gasteiger charge is -2.05. The summed E-state index contributed by atoms with van der Waals surface area (Å²) in [5.74, 6) is 0.685. The van der Waals surface area contributed by atoms with Crippen molar-refractivity contribution in [1.29, 1.82) is 0 Å². The Morgan fingerprint density at radius 3 is 2.40 bits per heavy atom. The lowest BCUT2D eigenvalue weighted by atomic mass is 10.3. The highest BCUT2D eigenvalue weighted by atomic mass is 127. The number of para-hydroxylation sites is 1. The fraction of sp³-hybridized carbons (Fsp3) is 0.143. The number of rotatable bonds is 2. The monoisotopic (exact) mass is 250 g/mol. The van der Waals surface area contributed by atoms with Crippen LogP contribution >= 0.6 is 22.6 Å². The van der Waals surface area contributed by atoms with E-state index >= 15 is 0 Å². The first kappa shape index (κ1) is 7.81. The number of halogens is 1. The maximum atomic E-state index is 8.77. The van der Waals surface area contributed by atoms with Crippen LogP contribution in [0.4, 0.5) is 0 Å². The normalized spacial score (nSPS) is 12.6. The summed E-state index contributed by atoms with van der Waals surface area (Å²) in [5, 5.41) is 8.77. The van der Waals surface area contributed by atoms with Gasteiger partial charge in [0.25, 0.3) is 0 Å². The molecule has 0 aliphatic rings. The molecule has 0 saturated carbocycles. The molecule has 0 amide bonds. The molecule has 1 N–H and O–H groups in total. The maximum absolute atomic E-state index is 8.77. The van der Waals surface area contributed by atoms with Gasteiger partial charge in [0.15, 0.2) is 0 Å². The molecule has 10 heavy (non-hydrogen) atoms. The number of hydrogen-bond acceptors (Lipinski definition) is 2. The van der Waals surface area contributed by atoms with Gasteiger partial charge in [-0.05, 0) is 34.7 Å². The molecule has 0 aliphatic heterocycles. The zero-order chi connectivity index (χ0) is 7.40. The van der Waals surface area contributed by atoms with Crippen LogP contribution in [0.25, 0.3) is 0 Å². The second kappa shape index (κ2) is 3.78. The van der Waals surface area contributed by atoms with Crippen LogP contribution in [0, 0.1) is 0 Å². The summed E-state index contributed by atoms with van der Waals surface area (Å²) >= 11 is 1.78. The molecule has 0 spiro atoms. The van der Waals surface area contributed by atoms with E-state index in [1.807, 2.05) is 18.2 Å². The lowest BCUT2D eigenvalue weighted by molar-refractivity contribution is 0.0782.